The van der Waals surface area contributed by atoms with Crippen LogP contribution in [0.15, 0.2) is 22.8 Å². The molecule has 0 saturated heterocycles. The normalized spacial score (nSPS) is 20.7. The Labute approximate surface area is 106 Å². The predicted molar refractivity (Wildman–Crippen MR) is 68.6 cm³/mol. The minimum atomic E-state index is 0.342. The molecule has 0 spiro atoms. The summed E-state index contributed by atoms with van der Waals surface area (Å²) < 4.78 is 6.72. The van der Waals surface area contributed by atoms with Crippen molar-refractivity contribution in [2.75, 3.05) is 0 Å². The summed E-state index contributed by atoms with van der Waals surface area (Å²) in [4.78, 5) is 4.30. The Morgan fingerprint density at radius 3 is 2.62 bits per heavy atom. The van der Waals surface area contributed by atoms with Crippen molar-refractivity contribution < 1.29 is 4.74 Å². The summed E-state index contributed by atoms with van der Waals surface area (Å²) in [7, 11) is 0. The van der Waals surface area contributed by atoms with Crippen LogP contribution in [-0.4, -0.2) is 11.1 Å². The number of halogens is 1. The predicted octanol–water partition coefficient (Wildman–Crippen LogP) is 4.19. The summed E-state index contributed by atoms with van der Waals surface area (Å²) in [6.45, 7) is 4.67. The minimum absolute atomic E-state index is 0.342. The molecule has 1 heterocycles. The van der Waals surface area contributed by atoms with Crippen molar-refractivity contribution >= 4 is 15.9 Å². The van der Waals surface area contributed by atoms with E-state index >= 15 is 0 Å². The summed E-state index contributed by atoms with van der Waals surface area (Å²) in [6.07, 6.45) is 5.11. The first-order valence-electron chi connectivity index (χ1n) is 5.84. The van der Waals surface area contributed by atoms with Crippen LogP contribution in [0.1, 0.15) is 39.5 Å². The molecule has 0 aromatic carbocycles. The molecule has 0 radical (unpaired) electrons. The fourth-order valence-corrected chi connectivity index (χ4v) is 2.44. The third-order valence-electron chi connectivity index (χ3n) is 3.26. The van der Waals surface area contributed by atoms with E-state index in [1.54, 1.807) is 0 Å². The maximum Gasteiger partial charge on any atom is 0.214 e. The van der Waals surface area contributed by atoms with Gasteiger partial charge >= 0.3 is 0 Å². The molecule has 1 saturated carbocycles. The van der Waals surface area contributed by atoms with Gasteiger partial charge in [-0.05, 0) is 53.1 Å². The van der Waals surface area contributed by atoms with Crippen LogP contribution >= 0.6 is 15.9 Å². The molecule has 16 heavy (non-hydrogen) atoms. The van der Waals surface area contributed by atoms with Crippen LogP contribution < -0.4 is 4.74 Å². The number of aromatic nitrogens is 1. The van der Waals surface area contributed by atoms with Gasteiger partial charge in [-0.1, -0.05) is 19.9 Å². The lowest BCUT2D eigenvalue weighted by Crippen LogP contribution is -2.28. The molecule has 88 valence electrons. The van der Waals surface area contributed by atoms with Gasteiger partial charge in [0.05, 0.1) is 0 Å². The molecule has 3 heteroatoms. The van der Waals surface area contributed by atoms with E-state index in [4.69, 9.17) is 4.74 Å². The molecular weight excluding hydrogens is 266 g/mol. The van der Waals surface area contributed by atoms with E-state index in [-0.39, 0.29) is 0 Å². The number of hydrogen-bond acceptors (Lipinski definition) is 2. The van der Waals surface area contributed by atoms with Crippen molar-refractivity contribution in [3.63, 3.8) is 0 Å². The average molecular weight is 284 g/mol. The Hall–Kier alpha value is -0.570. The molecule has 1 aromatic rings. The number of nitrogens with zero attached hydrogens (tertiary/aromatic N) is 1. The Balaban J connectivity index is 1.92. The number of rotatable bonds is 2. The van der Waals surface area contributed by atoms with Gasteiger partial charge in [0.25, 0.3) is 0 Å². The highest BCUT2D eigenvalue weighted by Gasteiger charge is 2.27. The summed E-state index contributed by atoms with van der Waals surface area (Å²) >= 11 is 3.35. The lowest BCUT2D eigenvalue weighted by molar-refractivity contribution is 0.0948. The van der Waals surface area contributed by atoms with E-state index in [1.165, 1.54) is 12.8 Å². The van der Waals surface area contributed by atoms with Crippen molar-refractivity contribution in [3.8, 4) is 5.88 Å². The fourth-order valence-electron chi connectivity index (χ4n) is 2.12. The topological polar surface area (TPSA) is 22.1 Å². The monoisotopic (exact) mass is 283 g/mol. The Bertz CT molecular complexity index is 355. The molecule has 0 bridgehead atoms. The van der Waals surface area contributed by atoms with Gasteiger partial charge in [0.15, 0.2) is 0 Å². The fraction of sp³-hybridized carbons (Fsp3) is 0.615. The summed E-state index contributed by atoms with van der Waals surface area (Å²) in [6, 6.07) is 5.79. The Kier molecular flexibility index (Phi) is 3.53. The lowest BCUT2D eigenvalue weighted by Gasteiger charge is -2.34. The van der Waals surface area contributed by atoms with Gasteiger partial charge in [0.1, 0.15) is 10.7 Å². The van der Waals surface area contributed by atoms with Crippen molar-refractivity contribution in [1.82, 2.24) is 4.98 Å². The molecule has 2 rings (SSSR count). The van der Waals surface area contributed by atoms with Crippen LogP contribution in [0.2, 0.25) is 0 Å². The van der Waals surface area contributed by atoms with Crippen molar-refractivity contribution in [2.24, 2.45) is 5.41 Å². The molecule has 0 unspecified atom stereocenters. The van der Waals surface area contributed by atoms with Crippen LogP contribution in [0.25, 0.3) is 0 Å². The number of hydrogen-bond donors (Lipinski definition) is 0. The zero-order valence-electron chi connectivity index (χ0n) is 9.87. The van der Waals surface area contributed by atoms with E-state index < -0.39 is 0 Å². The van der Waals surface area contributed by atoms with E-state index in [9.17, 15) is 0 Å². The Morgan fingerprint density at radius 1 is 1.31 bits per heavy atom. The highest BCUT2D eigenvalue weighted by atomic mass is 79.9. The lowest BCUT2D eigenvalue weighted by atomic mass is 9.76. The quantitative estimate of drug-likeness (QED) is 0.760. The van der Waals surface area contributed by atoms with Gasteiger partial charge in [-0.3, -0.25) is 0 Å². The van der Waals surface area contributed by atoms with Crippen LogP contribution in [0.4, 0.5) is 0 Å². The molecule has 1 aromatic heterocycles. The van der Waals surface area contributed by atoms with Crippen LogP contribution in [-0.2, 0) is 0 Å². The zero-order valence-corrected chi connectivity index (χ0v) is 11.5. The molecule has 0 aliphatic heterocycles. The molecule has 1 aliphatic carbocycles. The molecule has 1 fully saturated rings. The van der Waals surface area contributed by atoms with Gasteiger partial charge in [-0.15, -0.1) is 0 Å². The average Bonchev–Trinajstić information content (AvgIpc) is 2.21. The highest BCUT2D eigenvalue weighted by molar-refractivity contribution is 9.10. The van der Waals surface area contributed by atoms with E-state index in [1.807, 2.05) is 18.2 Å². The second-order valence-corrected chi connectivity index (χ2v) is 6.09. The van der Waals surface area contributed by atoms with Gasteiger partial charge < -0.3 is 4.74 Å². The van der Waals surface area contributed by atoms with E-state index in [0.717, 1.165) is 23.3 Å². The van der Waals surface area contributed by atoms with Gasteiger partial charge in [0.2, 0.25) is 5.88 Å². The zero-order chi connectivity index (χ0) is 11.6. The standard InChI is InChI=1S/C13H18BrNO/c1-13(2)8-6-10(7-9-13)16-12-5-3-4-11(14)15-12/h3-5,10H,6-9H2,1-2H3. The van der Waals surface area contributed by atoms with Crippen LogP contribution in [0.5, 0.6) is 5.88 Å². The second kappa shape index (κ2) is 4.74. The third-order valence-corrected chi connectivity index (χ3v) is 3.70. The van der Waals surface area contributed by atoms with Crippen LogP contribution in [0, 0.1) is 5.41 Å². The van der Waals surface area contributed by atoms with Crippen molar-refractivity contribution in [1.29, 1.82) is 0 Å². The highest BCUT2D eigenvalue weighted by Crippen LogP contribution is 2.36. The second-order valence-electron chi connectivity index (χ2n) is 5.28. The summed E-state index contributed by atoms with van der Waals surface area (Å²) in [5.74, 6) is 0.735. The summed E-state index contributed by atoms with van der Waals surface area (Å²) in [5.41, 5.74) is 0.491. The molecule has 0 atom stereocenters. The van der Waals surface area contributed by atoms with E-state index in [0.29, 0.717) is 11.5 Å². The first kappa shape index (κ1) is 11.9. The van der Waals surface area contributed by atoms with Crippen molar-refractivity contribution in [2.45, 2.75) is 45.6 Å². The number of pyridine rings is 1. The largest absolute Gasteiger partial charge is 0.474 e. The van der Waals surface area contributed by atoms with Crippen molar-refractivity contribution in [3.05, 3.63) is 22.8 Å². The van der Waals surface area contributed by atoms with Crippen LogP contribution in [0.3, 0.4) is 0 Å². The first-order chi connectivity index (χ1) is 7.55. The maximum absolute atomic E-state index is 5.89. The maximum atomic E-state index is 5.89. The van der Waals surface area contributed by atoms with Gasteiger partial charge in [0, 0.05) is 6.07 Å². The molecule has 0 amide bonds. The minimum Gasteiger partial charge on any atom is -0.474 e. The van der Waals surface area contributed by atoms with Gasteiger partial charge in [-0.25, -0.2) is 4.98 Å². The van der Waals surface area contributed by atoms with E-state index in [2.05, 4.69) is 34.8 Å². The number of ether oxygens (including phenoxy) is 1. The molecule has 0 N–H and O–H groups in total. The Morgan fingerprint density at radius 2 is 2.00 bits per heavy atom. The SMILES string of the molecule is CC1(C)CCC(Oc2cccc(Br)n2)CC1. The van der Waals surface area contributed by atoms with Gasteiger partial charge in [-0.2, -0.15) is 0 Å². The smallest absolute Gasteiger partial charge is 0.214 e. The molecule has 2 nitrogen and oxygen atoms in total. The summed E-state index contributed by atoms with van der Waals surface area (Å²) in [5, 5.41) is 0. The first-order valence-corrected chi connectivity index (χ1v) is 6.64. The third kappa shape index (κ3) is 3.21. The molecule has 1 aliphatic rings. The molecular formula is C13H18BrNO.